The van der Waals surface area contributed by atoms with Crippen molar-refractivity contribution in [1.82, 2.24) is 15.6 Å². The molecule has 1 aromatic heterocycles. The molecule has 0 radical (unpaired) electrons. The summed E-state index contributed by atoms with van der Waals surface area (Å²) < 4.78 is 0. The number of hydrogen-bond donors (Lipinski definition) is 3. The van der Waals surface area contributed by atoms with E-state index in [2.05, 4.69) is 27.8 Å². The standard InChI is InChI=1S/C28H34N4O4/c1-18-21-10-4-6-12-23(21)31-26(18)27(34)32-24(28(35)36)16-17-29-25(33)13-7-3-9-20-15-14-19-8-2-5-11-22(19)30-20/h4,6,10,12,14-15,18,24H,2-3,5,7-9,11,13,16-17H2,1H3,(H,29,33)(H,32,34)(H,35,36). The third-order valence-electron chi connectivity index (χ3n) is 6.97. The highest BCUT2D eigenvalue weighted by Crippen LogP contribution is 2.34. The lowest BCUT2D eigenvalue weighted by atomic mass is 9.95. The van der Waals surface area contributed by atoms with Gasteiger partial charge in [-0.15, -0.1) is 0 Å². The number of benzene rings is 1. The van der Waals surface area contributed by atoms with Crippen LogP contribution >= 0.6 is 0 Å². The number of carbonyl (C=O) groups excluding carboxylic acids is 2. The average molecular weight is 491 g/mol. The summed E-state index contributed by atoms with van der Waals surface area (Å²) >= 11 is 0. The summed E-state index contributed by atoms with van der Waals surface area (Å²) in [4.78, 5) is 45.8. The summed E-state index contributed by atoms with van der Waals surface area (Å²) in [6.07, 6.45) is 7.56. The van der Waals surface area contributed by atoms with Gasteiger partial charge in [0.15, 0.2) is 0 Å². The summed E-state index contributed by atoms with van der Waals surface area (Å²) in [6, 6.07) is 10.7. The molecule has 0 bridgehead atoms. The van der Waals surface area contributed by atoms with Crippen molar-refractivity contribution in [3.8, 4) is 0 Å². The molecule has 2 atom stereocenters. The van der Waals surface area contributed by atoms with Gasteiger partial charge in [-0.2, -0.15) is 0 Å². The Balaban J connectivity index is 1.16. The maximum Gasteiger partial charge on any atom is 0.326 e. The van der Waals surface area contributed by atoms with E-state index in [1.807, 2.05) is 31.2 Å². The zero-order valence-electron chi connectivity index (χ0n) is 20.8. The van der Waals surface area contributed by atoms with E-state index in [9.17, 15) is 19.5 Å². The fourth-order valence-corrected chi connectivity index (χ4v) is 4.87. The van der Waals surface area contributed by atoms with Crippen molar-refractivity contribution >= 4 is 29.2 Å². The lowest BCUT2D eigenvalue weighted by Crippen LogP contribution is -2.46. The van der Waals surface area contributed by atoms with Crippen LogP contribution in [0.5, 0.6) is 0 Å². The number of aryl methyl sites for hydroxylation is 3. The van der Waals surface area contributed by atoms with Crippen molar-refractivity contribution in [3.63, 3.8) is 0 Å². The van der Waals surface area contributed by atoms with E-state index in [1.54, 1.807) is 0 Å². The molecular weight excluding hydrogens is 456 g/mol. The Hall–Kier alpha value is -3.55. The summed E-state index contributed by atoms with van der Waals surface area (Å²) in [5, 5.41) is 14.9. The van der Waals surface area contributed by atoms with Crippen molar-refractivity contribution in [3.05, 3.63) is 58.9 Å². The van der Waals surface area contributed by atoms with Gasteiger partial charge in [-0.25, -0.2) is 9.79 Å². The molecule has 1 aromatic carbocycles. The second kappa shape index (κ2) is 11.9. The van der Waals surface area contributed by atoms with E-state index in [1.165, 1.54) is 24.1 Å². The number of amides is 2. The Labute approximate surface area is 211 Å². The van der Waals surface area contributed by atoms with Crippen molar-refractivity contribution in [1.29, 1.82) is 0 Å². The molecule has 36 heavy (non-hydrogen) atoms. The first-order chi connectivity index (χ1) is 17.4. The quantitative estimate of drug-likeness (QED) is 0.415. The third-order valence-corrected chi connectivity index (χ3v) is 6.97. The molecule has 4 rings (SSSR count). The number of aromatic nitrogens is 1. The first kappa shape index (κ1) is 25.5. The Bertz CT molecular complexity index is 1160. The number of aliphatic carboxylic acids is 1. The van der Waals surface area contributed by atoms with Crippen LogP contribution in [0.1, 0.15) is 73.9 Å². The van der Waals surface area contributed by atoms with Gasteiger partial charge in [-0.1, -0.05) is 31.2 Å². The van der Waals surface area contributed by atoms with Crippen molar-refractivity contribution < 1.29 is 19.5 Å². The van der Waals surface area contributed by atoms with E-state index in [0.717, 1.165) is 49.0 Å². The fraction of sp³-hybridized carbons (Fsp3) is 0.464. The predicted molar refractivity (Wildman–Crippen MR) is 138 cm³/mol. The van der Waals surface area contributed by atoms with Crippen LogP contribution in [0, 0.1) is 0 Å². The smallest absolute Gasteiger partial charge is 0.326 e. The molecule has 2 aliphatic rings. The second-order valence-electron chi connectivity index (χ2n) is 9.60. The number of aliphatic imine (C=N–C) groups is 1. The number of nitrogens with zero attached hydrogens (tertiary/aromatic N) is 2. The first-order valence-corrected chi connectivity index (χ1v) is 12.9. The highest BCUT2D eigenvalue weighted by Gasteiger charge is 2.30. The number of para-hydroxylation sites is 1. The highest BCUT2D eigenvalue weighted by atomic mass is 16.4. The maximum atomic E-state index is 12.7. The topological polar surface area (TPSA) is 121 Å². The molecule has 0 fully saturated rings. The zero-order valence-corrected chi connectivity index (χ0v) is 20.8. The molecule has 0 saturated heterocycles. The largest absolute Gasteiger partial charge is 0.480 e. The molecule has 2 amide bonds. The van der Waals surface area contributed by atoms with E-state index in [0.29, 0.717) is 12.1 Å². The average Bonchev–Trinajstić information content (AvgIpc) is 3.22. The number of pyridine rings is 1. The van der Waals surface area contributed by atoms with Gasteiger partial charge in [-0.05, 0) is 74.6 Å². The van der Waals surface area contributed by atoms with Crippen LogP contribution in [0.2, 0.25) is 0 Å². The lowest BCUT2D eigenvalue weighted by molar-refractivity contribution is -0.141. The van der Waals surface area contributed by atoms with Gasteiger partial charge in [0.2, 0.25) is 5.91 Å². The minimum Gasteiger partial charge on any atom is -0.480 e. The monoisotopic (exact) mass is 490 g/mol. The van der Waals surface area contributed by atoms with Crippen molar-refractivity contribution in [2.24, 2.45) is 4.99 Å². The van der Waals surface area contributed by atoms with Crippen LogP contribution < -0.4 is 10.6 Å². The van der Waals surface area contributed by atoms with Gasteiger partial charge in [-0.3, -0.25) is 14.6 Å². The normalized spacial score (nSPS) is 16.9. The number of fused-ring (bicyclic) bond motifs is 2. The zero-order chi connectivity index (χ0) is 25.5. The maximum absolute atomic E-state index is 12.7. The van der Waals surface area contributed by atoms with Crippen LogP contribution in [0.25, 0.3) is 0 Å². The Morgan fingerprint density at radius 1 is 1.08 bits per heavy atom. The van der Waals surface area contributed by atoms with E-state index < -0.39 is 17.9 Å². The van der Waals surface area contributed by atoms with Crippen LogP contribution in [-0.4, -0.2) is 46.2 Å². The van der Waals surface area contributed by atoms with E-state index in [-0.39, 0.29) is 24.8 Å². The molecule has 3 N–H and O–H groups in total. The molecule has 0 saturated carbocycles. The van der Waals surface area contributed by atoms with Gasteiger partial charge in [0, 0.05) is 30.3 Å². The minimum atomic E-state index is -1.14. The van der Waals surface area contributed by atoms with Crippen molar-refractivity contribution in [2.75, 3.05) is 6.54 Å². The number of unbranched alkanes of at least 4 members (excludes halogenated alkanes) is 1. The van der Waals surface area contributed by atoms with Gasteiger partial charge in [0.25, 0.3) is 5.91 Å². The fourth-order valence-electron chi connectivity index (χ4n) is 4.87. The Morgan fingerprint density at radius 3 is 2.69 bits per heavy atom. The SMILES string of the molecule is CC1C(C(=O)NC(CCNC(=O)CCCCc2ccc3c(n2)CCCC3)C(=O)O)=Nc2ccccc21. The van der Waals surface area contributed by atoms with Gasteiger partial charge in [0.1, 0.15) is 11.8 Å². The van der Waals surface area contributed by atoms with Crippen LogP contribution in [-0.2, 0) is 33.6 Å². The number of rotatable bonds is 11. The first-order valence-electron chi connectivity index (χ1n) is 12.9. The molecule has 2 heterocycles. The number of nitrogens with one attached hydrogen (secondary N) is 2. The molecule has 0 spiro atoms. The van der Waals surface area contributed by atoms with Gasteiger partial charge < -0.3 is 15.7 Å². The third kappa shape index (κ3) is 6.36. The molecule has 8 heteroatoms. The predicted octanol–water partition coefficient (Wildman–Crippen LogP) is 3.64. The lowest BCUT2D eigenvalue weighted by Gasteiger charge is -2.16. The number of hydrogen-bond acceptors (Lipinski definition) is 5. The van der Waals surface area contributed by atoms with Gasteiger partial charge in [0.05, 0.1) is 5.69 Å². The molecule has 2 aromatic rings. The van der Waals surface area contributed by atoms with Gasteiger partial charge >= 0.3 is 5.97 Å². The van der Waals surface area contributed by atoms with Crippen LogP contribution in [0.3, 0.4) is 0 Å². The van der Waals surface area contributed by atoms with Crippen LogP contribution in [0.15, 0.2) is 41.4 Å². The Kier molecular flexibility index (Phi) is 8.46. The second-order valence-corrected chi connectivity index (χ2v) is 9.60. The minimum absolute atomic E-state index is 0.0977. The summed E-state index contributed by atoms with van der Waals surface area (Å²) in [5.41, 5.74) is 5.67. The molecule has 8 nitrogen and oxygen atoms in total. The molecule has 1 aliphatic carbocycles. The molecule has 2 unspecified atom stereocenters. The summed E-state index contributed by atoms with van der Waals surface area (Å²) in [7, 11) is 0. The molecule has 190 valence electrons. The number of carboxylic acid groups (broad SMARTS) is 1. The van der Waals surface area contributed by atoms with E-state index in [4.69, 9.17) is 4.98 Å². The van der Waals surface area contributed by atoms with E-state index >= 15 is 0 Å². The molecule has 1 aliphatic heterocycles. The highest BCUT2D eigenvalue weighted by molar-refractivity contribution is 6.42. The summed E-state index contributed by atoms with van der Waals surface area (Å²) in [5.74, 6) is -1.95. The molecular formula is C28H34N4O4. The Morgan fingerprint density at radius 2 is 1.89 bits per heavy atom. The van der Waals surface area contributed by atoms with Crippen LogP contribution in [0.4, 0.5) is 5.69 Å². The number of carboxylic acids is 1. The van der Waals surface area contributed by atoms with Crippen molar-refractivity contribution in [2.45, 2.75) is 76.7 Å². The number of carbonyl (C=O) groups is 3. The summed E-state index contributed by atoms with van der Waals surface area (Å²) in [6.45, 7) is 2.05.